The first-order valence-electron chi connectivity index (χ1n) is 6.29. The number of amides is 1. The minimum atomic E-state index is -0.208. The Morgan fingerprint density at radius 2 is 2.06 bits per heavy atom. The Morgan fingerprint density at radius 1 is 1.44 bits per heavy atom. The molecule has 0 aromatic carbocycles. The molecule has 1 saturated heterocycles. The van der Waals surface area contributed by atoms with Gasteiger partial charge in [0.1, 0.15) is 0 Å². The molecule has 1 aliphatic rings. The molecule has 1 unspecified atom stereocenters. The van der Waals surface area contributed by atoms with Crippen molar-refractivity contribution in [3.63, 3.8) is 0 Å². The number of aliphatic hydroxyl groups excluding tert-OH is 1. The Bertz CT molecular complexity index is 213. The Kier molecular flexibility index (Phi) is 5.77. The van der Waals surface area contributed by atoms with Crippen LogP contribution in [0.2, 0.25) is 0 Å². The van der Waals surface area contributed by atoms with Crippen LogP contribution in [-0.2, 0) is 4.79 Å². The van der Waals surface area contributed by atoms with E-state index in [1.165, 1.54) is 0 Å². The Labute approximate surface area is 97.8 Å². The number of carbonyl (C=O) groups excluding carboxylic acids is 1. The molecule has 0 aromatic heterocycles. The number of rotatable bonds is 5. The third-order valence-electron chi connectivity index (χ3n) is 3.33. The van der Waals surface area contributed by atoms with Crippen LogP contribution in [0.15, 0.2) is 0 Å². The molecule has 4 nitrogen and oxygen atoms in total. The van der Waals surface area contributed by atoms with Crippen molar-refractivity contribution in [2.45, 2.75) is 45.1 Å². The summed E-state index contributed by atoms with van der Waals surface area (Å²) in [5.74, 6) is 0.764. The third-order valence-corrected chi connectivity index (χ3v) is 3.33. The van der Waals surface area contributed by atoms with Gasteiger partial charge in [-0.3, -0.25) is 4.79 Å². The lowest BCUT2D eigenvalue weighted by Crippen LogP contribution is -2.40. The fourth-order valence-corrected chi connectivity index (χ4v) is 2.07. The van der Waals surface area contributed by atoms with Gasteiger partial charge in [0.15, 0.2) is 0 Å². The molecule has 1 atom stereocenters. The number of nitrogens with two attached hydrogens (primary N) is 1. The summed E-state index contributed by atoms with van der Waals surface area (Å²) in [6, 6.07) is 0. The zero-order valence-corrected chi connectivity index (χ0v) is 10.2. The first-order chi connectivity index (χ1) is 7.63. The molecule has 0 aliphatic carbocycles. The van der Waals surface area contributed by atoms with E-state index in [0.29, 0.717) is 32.0 Å². The van der Waals surface area contributed by atoms with Gasteiger partial charge in [-0.1, -0.05) is 6.92 Å². The van der Waals surface area contributed by atoms with Gasteiger partial charge in [-0.25, -0.2) is 0 Å². The standard InChI is InChI=1S/C12H24N2O2/c1-10(4-7-13)2-3-12(16)14-8-5-11(15)6-9-14/h10-11,15H,2-9,13H2,1H3. The lowest BCUT2D eigenvalue weighted by atomic mass is 10.0. The number of aliphatic hydroxyl groups is 1. The van der Waals surface area contributed by atoms with Crippen LogP contribution in [0.5, 0.6) is 0 Å². The highest BCUT2D eigenvalue weighted by atomic mass is 16.3. The Morgan fingerprint density at radius 3 is 2.62 bits per heavy atom. The lowest BCUT2D eigenvalue weighted by molar-refractivity contribution is -0.133. The third kappa shape index (κ3) is 4.49. The van der Waals surface area contributed by atoms with Crippen molar-refractivity contribution >= 4 is 5.91 Å². The second kappa shape index (κ2) is 6.86. The number of nitrogens with zero attached hydrogens (tertiary/aromatic N) is 1. The minimum absolute atomic E-state index is 0.208. The van der Waals surface area contributed by atoms with Gasteiger partial charge in [-0.15, -0.1) is 0 Å². The summed E-state index contributed by atoms with van der Waals surface area (Å²) in [6.07, 6.45) is 3.78. The average Bonchev–Trinajstić information content (AvgIpc) is 2.27. The monoisotopic (exact) mass is 228 g/mol. The van der Waals surface area contributed by atoms with Crippen LogP contribution in [0, 0.1) is 5.92 Å². The molecule has 1 fully saturated rings. The maximum atomic E-state index is 11.8. The molecule has 0 bridgehead atoms. The van der Waals surface area contributed by atoms with Crippen LogP contribution >= 0.6 is 0 Å². The predicted molar refractivity (Wildman–Crippen MR) is 63.9 cm³/mol. The summed E-state index contributed by atoms with van der Waals surface area (Å²) in [6.45, 7) is 4.27. The highest BCUT2D eigenvalue weighted by Crippen LogP contribution is 2.14. The summed E-state index contributed by atoms with van der Waals surface area (Å²) in [5.41, 5.74) is 5.47. The van der Waals surface area contributed by atoms with Crippen molar-refractivity contribution in [2.24, 2.45) is 11.7 Å². The summed E-state index contributed by atoms with van der Waals surface area (Å²) < 4.78 is 0. The Balaban J connectivity index is 2.19. The fraction of sp³-hybridized carbons (Fsp3) is 0.917. The van der Waals surface area contributed by atoms with Crippen molar-refractivity contribution in [3.05, 3.63) is 0 Å². The van der Waals surface area contributed by atoms with Gasteiger partial charge in [0.05, 0.1) is 6.10 Å². The van der Waals surface area contributed by atoms with E-state index < -0.39 is 0 Å². The van der Waals surface area contributed by atoms with Crippen molar-refractivity contribution in [1.29, 1.82) is 0 Å². The van der Waals surface area contributed by atoms with Crippen molar-refractivity contribution < 1.29 is 9.90 Å². The van der Waals surface area contributed by atoms with E-state index in [2.05, 4.69) is 6.92 Å². The molecular weight excluding hydrogens is 204 g/mol. The van der Waals surface area contributed by atoms with Crippen LogP contribution < -0.4 is 5.73 Å². The minimum Gasteiger partial charge on any atom is -0.393 e. The zero-order valence-electron chi connectivity index (χ0n) is 10.2. The normalized spacial score (nSPS) is 19.8. The van der Waals surface area contributed by atoms with Gasteiger partial charge in [0.25, 0.3) is 0 Å². The average molecular weight is 228 g/mol. The van der Waals surface area contributed by atoms with Gasteiger partial charge < -0.3 is 15.7 Å². The van der Waals surface area contributed by atoms with E-state index in [-0.39, 0.29) is 12.0 Å². The first-order valence-corrected chi connectivity index (χ1v) is 6.29. The molecule has 16 heavy (non-hydrogen) atoms. The molecule has 0 saturated carbocycles. The summed E-state index contributed by atoms with van der Waals surface area (Å²) >= 11 is 0. The van der Waals surface area contributed by atoms with Crippen LogP contribution in [0.4, 0.5) is 0 Å². The van der Waals surface area contributed by atoms with E-state index >= 15 is 0 Å². The molecule has 0 spiro atoms. The van der Waals surface area contributed by atoms with Crippen LogP contribution in [0.1, 0.15) is 39.0 Å². The molecule has 1 amide bonds. The number of hydrogen-bond acceptors (Lipinski definition) is 3. The van der Waals surface area contributed by atoms with Crippen LogP contribution in [0.3, 0.4) is 0 Å². The van der Waals surface area contributed by atoms with Crippen molar-refractivity contribution in [3.8, 4) is 0 Å². The Hall–Kier alpha value is -0.610. The van der Waals surface area contributed by atoms with E-state index in [0.717, 1.165) is 25.7 Å². The molecule has 4 heteroatoms. The quantitative estimate of drug-likeness (QED) is 0.729. The summed E-state index contributed by atoms with van der Waals surface area (Å²) in [5, 5.41) is 9.34. The van der Waals surface area contributed by atoms with Crippen molar-refractivity contribution in [1.82, 2.24) is 4.90 Å². The highest BCUT2D eigenvalue weighted by molar-refractivity contribution is 5.76. The number of hydrogen-bond donors (Lipinski definition) is 2. The maximum Gasteiger partial charge on any atom is 0.222 e. The molecule has 1 rings (SSSR count). The van der Waals surface area contributed by atoms with E-state index in [1.54, 1.807) is 0 Å². The lowest BCUT2D eigenvalue weighted by Gasteiger charge is -2.30. The maximum absolute atomic E-state index is 11.8. The molecule has 94 valence electrons. The molecule has 0 radical (unpaired) electrons. The highest BCUT2D eigenvalue weighted by Gasteiger charge is 2.21. The van der Waals surface area contributed by atoms with E-state index in [4.69, 9.17) is 5.73 Å². The summed E-state index contributed by atoms with van der Waals surface area (Å²) in [4.78, 5) is 13.7. The number of piperidine rings is 1. The molecule has 1 heterocycles. The van der Waals surface area contributed by atoms with Gasteiger partial charge in [0, 0.05) is 19.5 Å². The molecule has 1 aliphatic heterocycles. The van der Waals surface area contributed by atoms with E-state index in [1.807, 2.05) is 4.90 Å². The topological polar surface area (TPSA) is 66.6 Å². The SMILES string of the molecule is CC(CCN)CCC(=O)N1CCC(O)CC1. The molecule has 0 aromatic rings. The number of likely N-dealkylation sites (tertiary alicyclic amines) is 1. The largest absolute Gasteiger partial charge is 0.393 e. The van der Waals surface area contributed by atoms with Crippen LogP contribution in [-0.4, -0.2) is 41.7 Å². The van der Waals surface area contributed by atoms with E-state index in [9.17, 15) is 9.90 Å². The molecular formula is C12H24N2O2. The zero-order chi connectivity index (χ0) is 12.0. The van der Waals surface area contributed by atoms with Crippen molar-refractivity contribution in [2.75, 3.05) is 19.6 Å². The molecule has 3 N–H and O–H groups in total. The van der Waals surface area contributed by atoms with Gasteiger partial charge in [-0.2, -0.15) is 0 Å². The fourth-order valence-electron chi connectivity index (χ4n) is 2.07. The smallest absolute Gasteiger partial charge is 0.222 e. The first kappa shape index (κ1) is 13.5. The second-order valence-corrected chi connectivity index (χ2v) is 4.83. The van der Waals surface area contributed by atoms with Gasteiger partial charge in [0.2, 0.25) is 5.91 Å². The number of carbonyl (C=O) groups is 1. The second-order valence-electron chi connectivity index (χ2n) is 4.83. The van der Waals surface area contributed by atoms with Gasteiger partial charge in [-0.05, 0) is 38.1 Å². The van der Waals surface area contributed by atoms with Crippen LogP contribution in [0.25, 0.3) is 0 Å². The van der Waals surface area contributed by atoms with Gasteiger partial charge >= 0.3 is 0 Å². The predicted octanol–water partition coefficient (Wildman–Crippen LogP) is 0.735. The summed E-state index contributed by atoms with van der Waals surface area (Å²) in [7, 11) is 0.